The molecule has 0 aliphatic rings. The minimum absolute atomic E-state index is 0.109. The number of hydrogen-bond acceptors (Lipinski definition) is 3. The van der Waals surface area contributed by atoms with Gasteiger partial charge in [-0.05, 0) is 31.2 Å². The summed E-state index contributed by atoms with van der Waals surface area (Å²) < 4.78 is 0. The first kappa shape index (κ1) is 15.5. The summed E-state index contributed by atoms with van der Waals surface area (Å²) in [7, 11) is 0. The van der Waals surface area contributed by atoms with E-state index >= 15 is 0 Å². The van der Waals surface area contributed by atoms with Crippen molar-refractivity contribution in [3.63, 3.8) is 0 Å². The van der Waals surface area contributed by atoms with Gasteiger partial charge in [-0.25, -0.2) is 9.59 Å². The summed E-state index contributed by atoms with van der Waals surface area (Å²) in [6.07, 6.45) is 0. The summed E-state index contributed by atoms with van der Waals surface area (Å²) >= 11 is 0. The molecule has 0 radical (unpaired) electrons. The Bertz CT molecular complexity index is 528. The molecule has 0 aliphatic carbocycles. The number of carbonyl (C=O) groups is 2. The van der Waals surface area contributed by atoms with Crippen molar-refractivity contribution in [1.82, 2.24) is 5.32 Å². The Balaban J connectivity index is 2.85. The number of aliphatic hydroxyl groups excluding tert-OH is 1. The van der Waals surface area contributed by atoms with Crippen molar-refractivity contribution in [2.45, 2.75) is 6.92 Å². The van der Waals surface area contributed by atoms with E-state index in [1.165, 1.54) is 29.2 Å². The van der Waals surface area contributed by atoms with Crippen LogP contribution < -0.4 is 10.2 Å². The van der Waals surface area contributed by atoms with E-state index < -0.39 is 12.0 Å². The maximum Gasteiger partial charge on any atom is 0.335 e. The molecule has 0 spiro atoms. The highest BCUT2D eigenvalue weighted by atomic mass is 16.4. The second kappa shape index (κ2) is 7.81. The molecule has 6 heteroatoms. The number of amides is 2. The molecule has 6 nitrogen and oxygen atoms in total. The van der Waals surface area contributed by atoms with Crippen molar-refractivity contribution in [3.05, 3.63) is 29.8 Å². The Labute approximate surface area is 117 Å². The van der Waals surface area contributed by atoms with Crippen LogP contribution in [-0.2, 0) is 0 Å². The largest absolute Gasteiger partial charge is 0.478 e. The maximum absolute atomic E-state index is 11.9. The molecule has 20 heavy (non-hydrogen) atoms. The fourth-order valence-corrected chi connectivity index (χ4v) is 1.54. The average molecular weight is 276 g/mol. The standard InChI is InChI=1S/C14H16N2O4/c1-2-3-8-15-14(20)16(9-10-17)12-6-4-11(5-7-12)13(18)19/h4-7,17H,8-10H2,1H3,(H,15,20)(H,18,19). The Morgan fingerprint density at radius 1 is 1.30 bits per heavy atom. The Hall–Kier alpha value is -2.52. The second-order valence-electron chi connectivity index (χ2n) is 3.81. The third-order valence-corrected chi connectivity index (χ3v) is 2.50. The van der Waals surface area contributed by atoms with Gasteiger partial charge in [-0.15, -0.1) is 5.92 Å². The van der Waals surface area contributed by atoms with E-state index in [4.69, 9.17) is 10.2 Å². The third kappa shape index (κ3) is 4.30. The zero-order valence-electron chi connectivity index (χ0n) is 11.1. The number of benzene rings is 1. The normalized spacial score (nSPS) is 9.30. The summed E-state index contributed by atoms with van der Waals surface area (Å²) in [6, 6.07) is 5.45. The molecule has 2 amide bonds. The van der Waals surface area contributed by atoms with Crippen molar-refractivity contribution >= 4 is 17.7 Å². The number of nitrogens with one attached hydrogen (secondary N) is 1. The topological polar surface area (TPSA) is 89.9 Å². The first-order valence-corrected chi connectivity index (χ1v) is 5.99. The average Bonchev–Trinajstić information content (AvgIpc) is 2.45. The predicted molar refractivity (Wildman–Crippen MR) is 74.7 cm³/mol. The summed E-state index contributed by atoms with van der Waals surface area (Å²) in [4.78, 5) is 24.0. The highest BCUT2D eigenvalue weighted by Gasteiger charge is 2.15. The van der Waals surface area contributed by atoms with Crippen molar-refractivity contribution in [2.75, 3.05) is 24.6 Å². The van der Waals surface area contributed by atoms with Crippen molar-refractivity contribution in [3.8, 4) is 11.8 Å². The highest BCUT2D eigenvalue weighted by Crippen LogP contribution is 2.15. The number of aliphatic hydroxyl groups is 1. The van der Waals surface area contributed by atoms with Crippen LogP contribution in [0.1, 0.15) is 17.3 Å². The molecule has 1 rings (SSSR count). The van der Waals surface area contributed by atoms with Crippen molar-refractivity contribution < 1.29 is 19.8 Å². The number of aromatic carboxylic acids is 1. The summed E-state index contributed by atoms with van der Waals surface area (Å²) in [5, 5.41) is 20.4. The van der Waals surface area contributed by atoms with Crippen LogP contribution in [0.4, 0.5) is 10.5 Å². The van der Waals surface area contributed by atoms with Gasteiger partial charge in [-0.3, -0.25) is 4.90 Å². The quantitative estimate of drug-likeness (QED) is 0.697. The second-order valence-corrected chi connectivity index (χ2v) is 3.81. The molecule has 0 saturated heterocycles. The van der Waals surface area contributed by atoms with Crippen LogP contribution in [0.25, 0.3) is 0 Å². The van der Waals surface area contributed by atoms with Crippen LogP contribution in [0.5, 0.6) is 0 Å². The summed E-state index contributed by atoms with van der Waals surface area (Å²) in [5.41, 5.74) is 0.640. The third-order valence-electron chi connectivity index (χ3n) is 2.50. The van der Waals surface area contributed by atoms with E-state index in [1.807, 2.05) is 0 Å². The van der Waals surface area contributed by atoms with Gasteiger partial charge in [0.05, 0.1) is 25.3 Å². The molecule has 0 aliphatic heterocycles. The zero-order chi connectivity index (χ0) is 15.0. The lowest BCUT2D eigenvalue weighted by Crippen LogP contribution is -2.41. The molecule has 0 atom stereocenters. The van der Waals surface area contributed by atoms with Crippen molar-refractivity contribution in [1.29, 1.82) is 0 Å². The number of urea groups is 1. The van der Waals surface area contributed by atoms with Gasteiger partial charge in [0.1, 0.15) is 0 Å². The molecule has 0 bridgehead atoms. The van der Waals surface area contributed by atoms with Gasteiger partial charge in [-0.1, -0.05) is 5.92 Å². The van der Waals surface area contributed by atoms with Gasteiger partial charge in [0.15, 0.2) is 0 Å². The Kier molecular flexibility index (Phi) is 6.07. The van der Waals surface area contributed by atoms with E-state index in [1.54, 1.807) is 6.92 Å². The minimum Gasteiger partial charge on any atom is -0.478 e. The molecular formula is C14H16N2O4. The molecule has 106 valence electrons. The maximum atomic E-state index is 11.9. The van der Waals surface area contributed by atoms with Crippen LogP contribution >= 0.6 is 0 Å². The van der Waals surface area contributed by atoms with Crippen LogP contribution in [0.3, 0.4) is 0 Å². The van der Waals surface area contributed by atoms with Gasteiger partial charge in [0.2, 0.25) is 0 Å². The molecule has 3 N–H and O–H groups in total. The lowest BCUT2D eigenvalue weighted by molar-refractivity contribution is 0.0697. The zero-order valence-corrected chi connectivity index (χ0v) is 11.1. The number of rotatable bonds is 5. The molecule has 0 heterocycles. The molecule has 0 unspecified atom stereocenters. The smallest absolute Gasteiger partial charge is 0.335 e. The summed E-state index contributed by atoms with van der Waals surface area (Å²) in [6.45, 7) is 1.79. The first-order valence-electron chi connectivity index (χ1n) is 5.99. The van der Waals surface area contributed by atoms with Gasteiger partial charge in [0, 0.05) is 5.69 Å². The highest BCUT2D eigenvalue weighted by molar-refractivity contribution is 5.93. The fraction of sp³-hybridized carbons (Fsp3) is 0.286. The van der Waals surface area contributed by atoms with Gasteiger partial charge in [-0.2, -0.15) is 0 Å². The van der Waals surface area contributed by atoms with E-state index in [0.29, 0.717) is 5.69 Å². The van der Waals surface area contributed by atoms with Crippen LogP contribution in [-0.4, -0.2) is 41.9 Å². The predicted octanol–water partition coefficient (Wildman–Crippen LogP) is 0.916. The Morgan fingerprint density at radius 3 is 2.45 bits per heavy atom. The number of carboxylic acids is 1. The lowest BCUT2D eigenvalue weighted by atomic mass is 10.2. The molecule has 1 aromatic rings. The molecule has 0 saturated carbocycles. The van der Waals surface area contributed by atoms with Gasteiger partial charge in [0.25, 0.3) is 0 Å². The molecular weight excluding hydrogens is 260 g/mol. The molecule has 0 fully saturated rings. The van der Waals surface area contributed by atoms with E-state index in [2.05, 4.69) is 17.2 Å². The monoisotopic (exact) mass is 276 g/mol. The fourth-order valence-electron chi connectivity index (χ4n) is 1.54. The van der Waals surface area contributed by atoms with Crippen LogP contribution in [0, 0.1) is 11.8 Å². The Morgan fingerprint density at radius 2 is 1.95 bits per heavy atom. The van der Waals surface area contributed by atoms with Gasteiger partial charge >= 0.3 is 12.0 Å². The number of nitrogens with zero attached hydrogens (tertiary/aromatic N) is 1. The number of hydrogen-bond donors (Lipinski definition) is 3. The first-order chi connectivity index (χ1) is 9.60. The lowest BCUT2D eigenvalue weighted by Gasteiger charge is -2.21. The SMILES string of the molecule is CC#CCNC(=O)N(CCO)c1ccc(C(=O)O)cc1. The van der Waals surface area contributed by atoms with Crippen molar-refractivity contribution in [2.24, 2.45) is 0 Å². The van der Waals surface area contributed by atoms with E-state index in [9.17, 15) is 9.59 Å². The van der Waals surface area contributed by atoms with Crippen LogP contribution in [0.15, 0.2) is 24.3 Å². The van der Waals surface area contributed by atoms with Crippen LogP contribution in [0.2, 0.25) is 0 Å². The number of carbonyl (C=O) groups excluding carboxylic acids is 1. The number of anilines is 1. The van der Waals surface area contributed by atoms with E-state index in [-0.39, 0.29) is 25.3 Å². The number of carboxylic acid groups (broad SMARTS) is 1. The summed E-state index contributed by atoms with van der Waals surface area (Å²) in [5.74, 6) is 4.32. The molecule has 1 aromatic carbocycles. The van der Waals surface area contributed by atoms with E-state index in [0.717, 1.165) is 0 Å². The minimum atomic E-state index is -1.03. The molecule has 0 aromatic heterocycles. The van der Waals surface area contributed by atoms with Gasteiger partial charge < -0.3 is 15.5 Å².